The smallest absolute Gasteiger partial charge is 0.299 e. The summed E-state index contributed by atoms with van der Waals surface area (Å²) in [5, 5.41) is 24.9. The molecule has 0 aromatic carbocycles. The van der Waals surface area contributed by atoms with Gasteiger partial charge in [-0.25, -0.2) is 0 Å². The number of hydrogen-bond acceptors (Lipinski definition) is 3. The second-order valence-electron chi connectivity index (χ2n) is 1.59. The van der Waals surface area contributed by atoms with Crippen molar-refractivity contribution < 1.29 is 15.3 Å². The van der Waals surface area contributed by atoms with E-state index in [1.807, 2.05) is 0 Å². The molecule has 8 heavy (non-hydrogen) atoms. The fourth-order valence-corrected chi connectivity index (χ4v) is 0.237. The summed E-state index contributed by atoms with van der Waals surface area (Å²) in [7, 11) is 0. The molecule has 48 valence electrons. The lowest BCUT2D eigenvalue weighted by atomic mass is 10.2. The predicted molar refractivity (Wildman–Crippen MR) is 28.8 cm³/mol. The van der Waals surface area contributed by atoms with Crippen molar-refractivity contribution in [1.82, 2.24) is 0 Å². The molecule has 0 rings (SSSR count). The quantitative estimate of drug-likeness (QED) is 0.341. The standard InChI is InChI=1S/C5H10O3/c1-3-4(2)5(6,7)8/h6-8H,2-3H2,1H3. The molecule has 0 unspecified atom stereocenters. The summed E-state index contributed by atoms with van der Waals surface area (Å²) >= 11 is 0. The molecule has 3 nitrogen and oxygen atoms in total. The first-order valence-electron chi connectivity index (χ1n) is 2.34. The summed E-state index contributed by atoms with van der Waals surface area (Å²) in [6.07, 6.45) is 0.351. The van der Waals surface area contributed by atoms with Crippen LogP contribution >= 0.6 is 0 Å². The highest BCUT2D eigenvalue weighted by Gasteiger charge is 2.20. The van der Waals surface area contributed by atoms with Crippen molar-refractivity contribution in [2.45, 2.75) is 19.3 Å². The highest BCUT2D eigenvalue weighted by atomic mass is 16.7. The van der Waals surface area contributed by atoms with Crippen molar-refractivity contribution in [2.24, 2.45) is 0 Å². The molecule has 0 spiro atoms. The number of hydrogen-bond donors (Lipinski definition) is 3. The molecule has 0 aliphatic carbocycles. The van der Waals surface area contributed by atoms with Crippen LogP contribution in [0.1, 0.15) is 13.3 Å². The van der Waals surface area contributed by atoms with Gasteiger partial charge >= 0.3 is 0 Å². The van der Waals surface area contributed by atoms with Crippen LogP contribution in [0.3, 0.4) is 0 Å². The van der Waals surface area contributed by atoms with Gasteiger partial charge in [0.25, 0.3) is 5.97 Å². The molecule has 0 heterocycles. The van der Waals surface area contributed by atoms with E-state index in [0.717, 1.165) is 0 Å². The van der Waals surface area contributed by atoms with E-state index in [9.17, 15) is 0 Å². The molecular weight excluding hydrogens is 108 g/mol. The van der Waals surface area contributed by atoms with Gasteiger partial charge in [0.1, 0.15) is 0 Å². The summed E-state index contributed by atoms with van der Waals surface area (Å²) < 4.78 is 0. The molecule has 0 atom stereocenters. The Morgan fingerprint density at radius 2 is 1.88 bits per heavy atom. The molecule has 3 heteroatoms. The zero-order valence-electron chi connectivity index (χ0n) is 4.76. The monoisotopic (exact) mass is 118 g/mol. The Morgan fingerprint density at radius 1 is 1.50 bits per heavy atom. The van der Waals surface area contributed by atoms with Gasteiger partial charge in [-0.3, -0.25) is 0 Å². The van der Waals surface area contributed by atoms with Crippen LogP contribution in [0.15, 0.2) is 12.2 Å². The third-order valence-electron chi connectivity index (χ3n) is 0.901. The highest BCUT2D eigenvalue weighted by molar-refractivity contribution is 4.99. The second-order valence-corrected chi connectivity index (χ2v) is 1.59. The molecule has 0 fully saturated rings. The minimum absolute atomic E-state index is 0.00231. The topological polar surface area (TPSA) is 60.7 Å². The van der Waals surface area contributed by atoms with Crippen LogP contribution in [0.4, 0.5) is 0 Å². The lowest BCUT2D eigenvalue weighted by Gasteiger charge is -2.14. The van der Waals surface area contributed by atoms with Crippen molar-refractivity contribution in [3.63, 3.8) is 0 Å². The minimum Gasteiger partial charge on any atom is -0.340 e. The molecule has 0 saturated heterocycles. The van der Waals surface area contributed by atoms with E-state index in [-0.39, 0.29) is 5.57 Å². The van der Waals surface area contributed by atoms with Crippen molar-refractivity contribution >= 4 is 0 Å². The Bertz CT molecular complexity index is 90.3. The molecule has 0 aromatic rings. The summed E-state index contributed by atoms with van der Waals surface area (Å²) in [4.78, 5) is 0. The Kier molecular flexibility index (Phi) is 2.15. The lowest BCUT2D eigenvalue weighted by molar-refractivity contribution is -0.282. The van der Waals surface area contributed by atoms with Gasteiger partial charge in [-0.15, -0.1) is 0 Å². The molecular formula is C5H10O3. The van der Waals surface area contributed by atoms with Gasteiger partial charge in [0.05, 0.1) is 0 Å². The van der Waals surface area contributed by atoms with E-state index < -0.39 is 5.97 Å². The van der Waals surface area contributed by atoms with Crippen LogP contribution in [-0.2, 0) is 0 Å². The van der Waals surface area contributed by atoms with Crippen LogP contribution in [-0.4, -0.2) is 21.3 Å². The SMILES string of the molecule is C=C(CC)C(O)(O)O. The van der Waals surface area contributed by atoms with Crippen LogP contribution < -0.4 is 0 Å². The first-order valence-corrected chi connectivity index (χ1v) is 2.34. The minimum atomic E-state index is -2.69. The van der Waals surface area contributed by atoms with E-state index in [1.165, 1.54) is 0 Å². The van der Waals surface area contributed by atoms with Gasteiger partial charge in [-0.2, -0.15) is 0 Å². The fourth-order valence-electron chi connectivity index (χ4n) is 0.237. The van der Waals surface area contributed by atoms with E-state index in [0.29, 0.717) is 6.42 Å². The third-order valence-corrected chi connectivity index (χ3v) is 0.901. The predicted octanol–water partition coefficient (Wildman–Crippen LogP) is -0.417. The van der Waals surface area contributed by atoms with Gasteiger partial charge in [0.15, 0.2) is 0 Å². The Morgan fingerprint density at radius 3 is 1.88 bits per heavy atom. The Labute approximate surface area is 47.9 Å². The first kappa shape index (κ1) is 7.62. The van der Waals surface area contributed by atoms with E-state index in [4.69, 9.17) is 15.3 Å². The molecule has 0 radical (unpaired) electrons. The van der Waals surface area contributed by atoms with Gasteiger partial charge in [-0.1, -0.05) is 13.5 Å². The summed E-state index contributed by atoms with van der Waals surface area (Å²) in [5.74, 6) is -2.69. The fraction of sp³-hybridized carbons (Fsp3) is 0.600. The molecule has 0 aromatic heterocycles. The molecule has 0 aliphatic rings. The highest BCUT2D eigenvalue weighted by Crippen LogP contribution is 2.09. The van der Waals surface area contributed by atoms with Gasteiger partial charge in [-0.05, 0) is 6.42 Å². The number of aliphatic hydroxyl groups is 3. The van der Waals surface area contributed by atoms with E-state index in [1.54, 1.807) is 6.92 Å². The van der Waals surface area contributed by atoms with Gasteiger partial charge in [0, 0.05) is 5.57 Å². The van der Waals surface area contributed by atoms with E-state index in [2.05, 4.69) is 6.58 Å². The zero-order chi connectivity index (χ0) is 6.78. The summed E-state index contributed by atoms with van der Waals surface area (Å²) in [6.45, 7) is 4.86. The van der Waals surface area contributed by atoms with Gasteiger partial charge < -0.3 is 15.3 Å². The average Bonchev–Trinajstić information content (AvgIpc) is 1.62. The molecule has 0 saturated carbocycles. The van der Waals surface area contributed by atoms with Crippen molar-refractivity contribution in [3.8, 4) is 0 Å². The first-order chi connectivity index (χ1) is 3.48. The number of rotatable bonds is 2. The average molecular weight is 118 g/mol. The van der Waals surface area contributed by atoms with Crippen LogP contribution in [0.25, 0.3) is 0 Å². The van der Waals surface area contributed by atoms with Crippen LogP contribution in [0, 0.1) is 0 Å². The van der Waals surface area contributed by atoms with Crippen molar-refractivity contribution in [3.05, 3.63) is 12.2 Å². The molecule has 3 N–H and O–H groups in total. The largest absolute Gasteiger partial charge is 0.340 e. The summed E-state index contributed by atoms with van der Waals surface area (Å²) in [6, 6.07) is 0. The summed E-state index contributed by atoms with van der Waals surface area (Å²) in [5.41, 5.74) is -0.00231. The Balaban J connectivity index is 3.82. The molecule has 0 amide bonds. The Hall–Kier alpha value is -0.380. The second kappa shape index (κ2) is 2.26. The maximum atomic E-state index is 8.30. The van der Waals surface area contributed by atoms with E-state index >= 15 is 0 Å². The van der Waals surface area contributed by atoms with Crippen molar-refractivity contribution in [1.29, 1.82) is 0 Å². The van der Waals surface area contributed by atoms with Gasteiger partial charge in [0.2, 0.25) is 0 Å². The lowest BCUT2D eigenvalue weighted by Crippen LogP contribution is -2.28. The molecule has 0 bridgehead atoms. The van der Waals surface area contributed by atoms with Crippen molar-refractivity contribution in [2.75, 3.05) is 0 Å². The van der Waals surface area contributed by atoms with Crippen LogP contribution in [0.5, 0.6) is 0 Å². The maximum absolute atomic E-state index is 8.30. The maximum Gasteiger partial charge on any atom is 0.299 e. The third kappa shape index (κ3) is 2.07. The molecule has 0 aliphatic heterocycles. The van der Waals surface area contributed by atoms with Crippen LogP contribution in [0.2, 0.25) is 0 Å². The normalized spacial score (nSPS) is 11.5. The zero-order valence-corrected chi connectivity index (χ0v) is 4.76.